The standard InChI is InChI=1S/C18H18F4N4O4/c1-29-14-4-2-3-13(23)16(14)17(28)26(24)9-15(27)25-8-10-5-6-11(7-12(10)19)30-18(20,21)22/h2-7H,8-9,23-24H2,1H3,(H,25,27). The number of nitrogens with one attached hydrogen (secondary N) is 1. The van der Waals surface area contributed by atoms with Crippen molar-refractivity contribution in [3.05, 3.63) is 53.3 Å². The van der Waals surface area contributed by atoms with Crippen LogP contribution >= 0.6 is 0 Å². The van der Waals surface area contributed by atoms with E-state index >= 15 is 0 Å². The van der Waals surface area contributed by atoms with E-state index in [2.05, 4.69) is 10.1 Å². The predicted octanol–water partition coefficient (Wildman–Crippen LogP) is 1.95. The summed E-state index contributed by atoms with van der Waals surface area (Å²) in [4.78, 5) is 24.5. The molecule has 0 aliphatic heterocycles. The highest BCUT2D eigenvalue weighted by atomic mass is 19.4. The van der Waals surface area contributed by atoms with Crippen LogP contribution in [0.5, 0.6) is 11.5 Å². The molecule has 0 atom stereocenters. The summed E-state index contributed by atoms with van der Waals surface area (Å²) in [7, 11) is 1.33. The fourth-order valence-electron chi connectivity index (χ4n) is 2.44. The number of rotatable bonds is 7. The lowest BCUT2D eigenvalue weighted by molar-refractivity contribution is -0.274. The molecule has 162 valence electrons. The van der Waals surface area contributed by atoms with Gasteiger partial charge in [0.2, 0.25) is 5.91 Å². The number of nitrogen functional groups attached to an aromatic ring is 1. The molecule has 0 unspecified atom stereocenters. The zero-order valence-electron chi connectivity index (χ0n) is 15.6. The summed E-state index contributed by atoms with van der Waals surface area (Å²) in [6.45, 7) is -0.941. The van der Waals surface area contributed by atoms with Crippen LogP contribution in [0.4, 0.5) is 23.2 Å². The number of alkyl halides is 3. The largest absolute Gasteiger partial charge is 0.573 e. The minimum atomic E-state index is -4.95. The summed E-state index contributed by atoms with van der Waals surface area (Å²) in [6.07, 6.45) is -4.95. The minimum Gasteiger partial charge on any atom is -0.496 e. The fourth-order valence-corrected chi connectivity index (χ4v) is 2.44. The smallest absolute Gasteiger partial charge is 0.496 e. The van der Waals surface area contributed by atoms with Crippen LogP contribution in [0.25, 0.3) is 0 Å². The first-order valence-electron chi connectivity index (χ1n) is 8.31. The molecular formula is C18H18F4N4O4. The molecule has 0 bridgehead atoms. The molecule has 30 heavy (non-hydrogen) atoms. The molecule has 8 nitrogen and oxygen atoms in total. The van der Waals surface area contributed by atoms with E-state index in [1.807, 2.05) is 0 Å². The van der Waals surface area contributed by atoms with E-state index in [1.165, 1.54) is 19.2 Å². The van der Waals surface area contributed by atoms with Gasteiger partial charge in [-0.3, -0.25) is 14.6 Å². The number of halogens is 4. The first-order valence-corrected chi connectivity index (χ1v) is 8.31. The zero-order valence-corrected chi connectivity index (χ0v) is 15.6. The summed E-state index contributed by atoms with van der Waals surface area (Å²) in [5, 5.41) is 2.91. The number of hydrogen-bond acceptors (Lipinski definition) is 6. The topological polar surface area (TPSA) is 120 Å². The van der Waals surface area contributed by atoms with Crippen molar-refractivity contribution in [3.8, 4) is 11.5 Å². The monoisotopic (exact) mass is 430 g/mol. The van der Waals surface area contributed by atoms with Gasteiger partial charge in [-0.05, 0) is 18.2 Å². The van der Waals surface area contributed by atoms with E-state index in [0.717, 1.165) is 12.1 Å². The Balaban J connectivity index is 1.97. The second kappa shape index (κ2) is 9.31. The van der Waals surface area contributed by atoms with E-state index in [9.17, 15) is 27.2 Å². The number of ether oxygens (including phenoxy) is 2. The van der Waals surface area contributed by atoms with Gasteiger partial charge in [-0.25, -0.2) is 10.2 Å². The summed E-state index contributed by atoms with van der Waals surface area (Å²) in [6, 6.07) is 6.99. The lowest BCUT2D eigenvalue weighted by atomic mass is 10.1. The Kier molecular flexibility index (Phi) is 7.06. The number of benzene rings is 2. The van der Waals surface area contributed by atoms with Crippen molar-refractivity contribution < 1.29 is 36.6 Å². The van der Waals surface area contributed by atoms with E-state index in [-0.39, 0.29) is 29.1 Å². The van der Waals surface area contributed by atoms with Crippen molar-refractivity contribution in [2.45, 2.75) is 12.9 Å². The number of amides is 2. The van der Waals surface area contributed by atoms with Crippen LogP contribution in [0.15, 0.2) is 36.4 Å². The Morgan fingerprint density at radius 1 is 1.20 bits per heavy atom. The Morgan fingerprint density at radius 3 is 2.50 bits per heavy atom. The van der Waals surface area contributed by atoms with Crippen molar-refractivity contribution in [1.29, 1.82) is 0 Å². The molecule has 0 fully saturated rings. The van der Waals surface area contributed by atoms with Crippen LogP contribution in [0.2, 0.25) is 0 Å². The lowest BCUT2D eigenvalue weighted by Crippen LogP contribution is -2.45. The van der Waals surface area contributed by atoms with Gasteiger partial charge >= 0.3 is 6.36 Å². The maximum absolute atomic E-state index is 13.9. The second-order valence-corrected chi connectivity index (χ2v) is 5.94. The van der Waals surface area contributed by atoms with Crippen molar-refractivity contribution in [2.75, 3.05) is 19.4 Å². The predicted molar refractivity (Wildman–Crippen MR) is 97.6 cm³/mol. The third-order valence-electron chi connectivity index (χ3n) is 3.80. The minimum absolute atomic E-state index is 0.0263. The number of methoxy groups -OCH3 is 1. The Morgan fingerprint density at radius 2 is 1.90 bits per heavy atom. The van der Waals surface area contributed by atoms with Crippen molar-refractivity contribution in [1.82, 2.24) is 10.3 Å². The third-order valence-corrected chi connectivity index (χ3v) is 3.80. The SMILES string of the molecule is COc1cccc(N)c1C(=O)N(N)CC(=O)NCc1ccc(OC(F)(F)F)cc1F. The number of nitrogens with two attached hydrogens (primary N) is 2. The number of nitrogens with zero attached hydrogens (tertiary/aromatic N) is 1. The molecule has 12 heteroatoms. The number of carbonyl (C=O) groups excluding carboxylic acids is 2. The van der Waals surface area contributed by atoms with Crippen LogP contribution in [0, 0.1) is 5.82 Å². The summed E-state index contributed by atoms with van der Waals surface area (Å²) < 4.78 is 59.0. The van der Waals surface area contributed by atoms with Crippen molar-refractivity contribution >= 4 is 17.5 Å². The van der Waals surface area contributed by atoms with Gasteiger partial charge in [0.15, 0.2) is 0 Å². The van der Waals surface area contributed by atoms with Crippen LogP contribution in [0.1, 0.15) is 15.9 Å². The molecule has 0 aliphatic carbocycles. The Labute approximate surface area is 168 Å². The highest BCUT2D eigenvalue weighted by Crippen LogP contribution is 2.25. The molecule has 2 amide bonds. The Bertz CT molecular complexity index is 937. The van der Waals surface area contributed by atoms with Crippen LogP contribution in [0.3, 0.4) is 0 Å². The molecule has 0 aromatic heterocycles. The molecule has 0 spiro atoms. The molecular weight excluding hydrogens is 412 g/mol. The molecule has 2 rings (SSSR count). The first kappa shape index (κ1) is 22.7. The average Bonchev–Trinajstić information content (AvgIpc) is 2.65. The quantitative estimate of drug-likeness (QED) is 0.203. The van der Waals surface area contributed by atoms with E-state index < -0.39 is 36.3 Å². The maximum Gasteiger partial charge on any atom is 0.573 e. The van der Waals surface area contributed by atoms with Crippen LogP contribution in [-0.4, -0.2) is 36.8 Å². The number of hydrazine groups is 1. The Hall–Kier alpha value is -3.54. The van der Waals surface area contributed by atoms with Gasteiger partial charge in [-0.1, -0.05) is 12.1 Å². The average molecular weight is 430 g/mol. The van der Waals surface area contributed by atoms with E-state index in [4.69, 9.17) is 16.3 Å². The van der Waals surface area contributed by atoms with Crippen LogP contribution < -0.4 is 26.4 Å². The van der Waals surface area contributed by atoms with Gasteiger partial charge in [0.1, 0.15) is 29.4 Å². The zero-order chi connectivity index (χ0) is 22.5. The molecule has 0 saturated carbocycles. The van der Waals surface area contributed by atoms with Gasteiger partial charge in [-0.15, -0.1) is 13.2 Å². The molecule has 2 aromatic carbocycles. The lowest BCUT2D eigenvalue weighted by Gasteiger charge is -2.19. The van der Waals surface area contributed by atoms with Gasteiger partial charge in [0, 0.05) is 23.9 Å². The number of anilines is 1. The molecule has 2 aromatic rings. The number of carbonyl (C=O) groups is 2. The molecule has 5 N–H and O–H groups in total. The van der Waals surface area contributed by atoms with Gasteiger partial charge in [-0.2, -0.15) is 0 Å². The van der Waals surface area contributed by atoms with Crippen molar-refractivity contribution in [2.24, 2.45) is 5.84 Å². The second-order valence-electron chi connectivity index (χ2n) is 5.94. The van der Waals surface area contributed by atoms with Gasteiger partial charge in [0.25, 0.3) is 5.91 Å². The maximum atomic E-state index is 13.9. The van der Waals surface area contributed by atoms with Gasteiger partial charge in [0.05, 0.1) is 7.11 Å². The highest BCUT2D eigenvalue weighted by molar-refractivity contribution is 6.02. The van der Waals surface area contributed by atoms with Crippen LogP contribution in [-0.2, 0) is 11.3 Å². The van der Waals surface area contributed by atoms with Crippen molar-refractivity contribution in [3.63, 3.8) is 0 Å². The summed E-state index contributed by atoms with van der Waals surface area (Å²) in [5.74, 6) is 2.53. The number of hydrogen-bond donors (Lipinski definition) is 3. The van der Waals surface area contributed by atoms with E-state index in [0.29, 0.717) is 11.1 Å². The van der Waals surface area contributed by atoms with E-state index in [1.54, 1.807) is 6.07 Å². The van der Waals surface area contributed by atoms with Gasteiger partial charge < -0.3 is 20.5 Å². The molecule has 0 saturated heterocycles. The fraction of sp³-hybridized carbons (Fsp3) is 0.222. The molecule has 0 aliphatic rings. The third kappa shape index (κ3) is 5.98. The normalized spacial score (nSPS) is 11.0. The summed E-state index contributed by atoms with van der Waals surface area (Å²) >= 11 is 0. The molecule has 0 heterocycles. The summed E-state index contributed by atoms with van der Waals surface area (Å²) in [5.41, 5.74) is 5.74. The molecule has 0 radical (unpaired) electrons. The first-order chi connectivity index (χ1) is 14.0. The highest BCUT2D eigenvalue weighted by Gasteiger charge is 2.31.